The van der Waals surface area contributed by atoms with E-state index in [4.69, 9.17) is 29.0 Å². The van der Waals surface area contributed by atoms with E-state index in [0.29, 0.717) is 21.7 Å². The SMILES string of the molecule is CCN(CC)CCCNc1nc(NN)c(Cl)cc1Cl. The van der Waals surface area contributed by atoms with E-state index in [2.05, 4.69) is 34.5 Å². The van der Waals surface area contributed by atoms with Crippen LogP contribution in [0.4, 0.5) is 11.6 Å². The summed E-state index contributed by atoms with van der Waals surface area (Å²) in [4.78, 5) is 6.59. The second-order valence-corrected chi connectivity index (χ2v) is 4.92. The second-order valence-electron chi connectivity index (χ2n) is 4.10. The highest BCUT2D eigenvalue weighted by Crippen LogP contribution is 2.28. The number of rotatable bonds is 8. The molecule has 0 spiro atoms. The molecule has 0 aromatic carbocycles. The van der Waals surface area contributed by atoms with Crippen LogP contribution in [0, 0.1) is 0 Å². The summed E-state index contributed by atoms with van der Waals surface area (Å²) in [5.74, 6) is 6.34. The molecule has 0 atom stereocenters. The third-order valence-electron chi connectivity index (χ3n) is 2.90. The number of hydrogen-bond acceptors (Lipinski definition) is 5. The average molecular weight is 306 g/mol. The number of aromatic nitrogens is 1. The Balaban J connectivity index is 2.49. The topological polar surface area (TPSA) is 66.2 Å². The standard InChI is InChI=1S/C12H21Cl2N5/c1-3-19(4-2)7-5-6-16-11-9(13)8-10(14)12(17-11)18-15/h8H,3-7,15H2,1-2H3,(H2,16,17,18). The number of nitrogens with two attached hydrogens (primary N) is 1. The van der Waals surface area contributed by atoms with Crippen LogP contribution in [0.2, 0.25) is 10.0 Å². The van der Waals surface area contributed by atoms with Crippen molar-refractivity contribution >= 4 is 34.8 Å². The molecule has 1 heterocycles. The zero-order valence-electron chi connectivity index (χ0n) is 11.3. The molecule has 5 nitrogen and oxygen atoms in total. The first kappa shape index (κ1) is 16.3. The molecule has 0 aliphatic heterocycles. The van der Waals surface area contributed by atoms with Crippen LogP contribution in [0.1, 0.15) is 20.3 Å². The predicted molar refractivity (Wildman–Crippen MR) is 83.0 cm³/mol. The summed E-state index contributed by atoms with van der Waals surface area (Å²) in [5.41, 5.74) is 2.44. The lowest BCUT2D eigenvalue weighted by Gasteiger charge is -2.18. The number of nitrogens with zero attached hydrogens (tertiary/aromatic N) is 2. The smallest absolute Gasteiger partial charge is 0.161 e. The fraction of sp³-hybridized carbons (Fsp3) is 0.583. The Morgan fingerprint density at radius 3 is 2.42 bits per heavy atom. The number of hydrogen-bond donors (Lipinski definition) is 3. The van der Waals surface area contributed by atoms with Gasteiger partial charge in [0.25, 0.3) is 0 Å². The monoisotopic (exact) mass is 305 g/mol. The molecule has 0 unspecified atom stereocenters. The van der Waals surface area contributed by atoms with Crippen molar-refractivity contribution in [1.82, 2.24) is 9.88 Å². The molecule has 1 rings (SSSR count). The van der Waals surface area contributed by atoms with Gasteiger partial charge in [-0.3, -0.25) is 0 Å². The molecule has 108 valence electrons. The molecule has 0 aliphatic carbocycles. The number of hydrazine groups is 1. The van der Waals surface area contributed by atoms with Crippen molar-refractivity contribution in [1.29, 1.82) is 0 Å². The van der Waals surface area contributed by atoms with Crippen molar-refractivity contribution in [3.05, 3.63) is 16.1 Å². The van der Waals surface area contributed by atoms with Crippen LogP contribution >= 0.6 is 23.2 Å². The van der Waals surface area contributed by atoms with E-state index in [1.807, 2.05) is 0 Å². The van der Waals surface area contributed by atoms with E-state index in [1.165, 1.54) is 0 Å². The first-order chi connectivity index (χ1) is 9.12. The molecular formula is C12H21Cl2N5. The van der Waals surface area contributed by atoms with Crippen LogP contribution in [-0.2, 0) is 0 Å². The molecule has 0 saturated carbocycles. The summed E-state index contributed by atoms with van der Waals surface area (Å²) in [5, 5.41) is 4.09. The minimum absolute atomic E-state index is 0.404. The van der Waals surface area contributed by atoms with Gasteiger partial charge in [0.15, 0.2) is 5.82 Å². The molecule has 0 fully saturated rings. The van der Waals surface area contributed by atoms with E-state index in [-0.39, 0.29) is 0 Å². The van der Waals surface area contributed by atoms with Gasteiger partial charge in [-0.15, -0.1) is 0 Å². The summed E-state index contributed by atoms with van der Waals surface area (Å²) in [7, 11) is 0. The van der Waals surface area contributed by atoms with Crippen molar-refractivity contribution in [2.75, 3.05) is 36.9 Å². The van der Waals surface area contributed by atoms with Crippen molar-refractivity contribution in [2.24, 2.45) is 5.84 Å². The third kappa shape index (κ3) is 5.03. The number of pyridine rings is 1. The van der Waals surface area contributed by atoms with Gasteiger partial charge in [0.05, 0.1) is 10.0 Å². The van der Waals surface area contributed by atoms with E-state index in [0.717, 1.165) is 32.6 Å². The van der Waals surface area contributed by atoms with Gasteiger partial charge in [-0.25, -0.2) is 10.8 Å². The lowest BCUT2D eigenvalue weighted by molar-refractivity contribution is 0.303. The van der Waals surface area contributed by atoms with E-state index >= 15 is 0 Å². The zero-order valence-corrected chi connectivity index (χ0v) is 12.9. The van der Waals surface area contributed by atoms with E-state index in [9.17, 15) is 0 Å². The third-order valence-corrected chi connectivity index (χ3v) is 3.48. The lowest BCUT2D eigenvalue weighted by Crippen LogP contribution is -2.25. The molecule has 0 amide bonds. The van der Waals surface area contributed by atoms with Gasteiger partial charge in [-0.2, -0.15) is 0 Å². The van der Waals surface area contributed by atoms with Crippen LogP contribution < -0.4 is 16.6 Å². The maximum Gasteiger partial charge on any atom is 0.161 e. The van der Waals surface area contributed by atoms with Gasteiger partial charge in [0.2, 0.25) is 0 Å². The van der Waals surface area contributed by atoms with Gasteiger partial charge in [-0.05, 0) is 32.1 Å². The largest absolute Gasteiger partial charge is 0.369 e. The number of nitrogen functional groups attached to an aromatic ring is 1. The fourth-order valence-corrected chi connectivity index (χ4v) is 2.22. The van der Waals surface area contributed by atoms with Crippen molar-refractivity contribution in [3.63, 3.8) is 0 Å². The van der Waals surface area contributed by atoms with Crippen LogP contribution in [0.15, 0.2) is 6.07 Å². The second kappa shape index (κ2) is 8.43. The number of anilines is 2. The normalized spacial score (nSPS) is 10.8. The fourth-order valence-electron chi connectivity index (χ4n) is 1.74. The number of halogens is 2. The van der Waals surface area contributed by atoms with Crippen LogP contribution in [0.5, 0.6) is 0 Å². The van der Waals surface area contributed by atoms with Crippen molar-refractivity contribution in [2.45, 2.75) is 20.3 Å². The molecule has 0 aliphatic rings. The predicted octanol–water partition coefficient (Wildman–Crippen LogP) is 2.82. The summed E-state index contributed by atoms with van der Waals surface area (Å²) in [6.45, 7) is 8.30. The lowest BCUT2D eigenvalue weighted by atomic mass is 10.3. The molecule has 19 heavy (non-hydrogen) atoms. The van der Waals surface area contributed by atoms with Gasteiger partial charge in [0.1, 0.15) is 5.82 Å². The van der Waals surface area contributed by atoms with Crippen LogP contribution in [0.25, 0.3) is 0 Å². The molecule has 1 aromatic heterocycles. The average Bonchev–Trinajstić information content (AvgIpc) is 2.41. The molecule has 7 heteroatoms. The molecule has 0 bridgehead atoms. The Kier molecular flexibility index (Phi) is 7.23. The molecule has 0 saturated heterocycles. The maximum atomic E-state index is 6.07. The Labute approximate surface area is 124 Å². The molecule has 4 N–H and O–H groups in total. The van der Waals surface area contributed by atoms with E-state index < -0.39 is 0 Å². The van der Waals surface area contributed by atoms with E-state index in [1.54, 1.807) is 6.07 Å². The Morgan fingerprint density at radius 1 is 1.21 bits per heavy atom. The summed E-state index contributed by atoms with van der Waals surface area (Å²) >= 11 is 12.0. The number of nitrogens with one attached hydrogen (secondary N) is 2. The minimum Gasteiger partial charge on any atom is -0.369 e. The first-order valence-electron chi connectivity index (χ1n) is 6.41. The highest BCUT2D eigenvalue weighted by atomic mass is 35.5. The van der Waals surface area contributed by atoms with Gasteiger partial charge in [0, 0.05) is 6.54 Å². The zero-order chi connectivity index (χ0) is 14.3. The highest BCUT2D eigenvalue weighted by Gasteiger charge is 2.08. The quantitative estimate of drug-likeness (QED) is 0.391. The van der Waals surface area contributed by atoms with Gasteiger partial charge < -0.3 is 15.6 Å². The Hall–Kier alpha value is -0.750. The van der Waals surface area contributed by atoms with Crippen LogP contribution in [-0.4, -0.2) is 36.1 Å². The Morgan fingerprint density at radius 2 is 1.84 bits per heavy atom. The molecular weight excluding hydrogens is 285 g/mol. The first-order valence-corrected chi connectivity index (χ1v) is 7.16. The summed E-state index contributed by atoms with van der Waals surface area (Å²) < 4.78 is 0. The van der Waals surface area contributed by atoms with Crippen LogP contribution in [0.3, 0.4) is 0 Å². The maximum absolute atomic E-state index is 6.07. The molecule has 0 radical (unpaired) electrons. The van der Waals surface area contributed by atoms with Gasteiger partial charge in [-0.1, -0.05) is 37.0 Å². The summed E-state index contributed by atoms with van der Waals surface area (Å²) in [6, 6.07) is 1.62. The minimum atomic E-state index is 0.404. The highest BCUT2D eigenvalue weighted by molar-refractivity contribution is 6.37. The van der Waals surface area contributed by atoms with Gasteiger partial charge >= 0.3 is 0 Å². The Bertz CT molecular complexity index is 396. The van der Waals surface area contributed by atoms with Crippen molar-refractivity contribution in [3.8, 4) is 0 Å². The summed E-state index contributed by atoms with van der Waals surface area (Å²) in [6.07, 6.45) is 1.02. The van der Waals surface area contributed by atoms with Crippen molar-refractivity contribution < 1.29 is 0 Å². The molecule has 1 aromatic rings.